The maximum atomic E-state index is 12.9. The zero-order valence-electron chi connectivity index (χ0n) is 18.6. The fourth-order valence-electron chi connectivity index (χ4n) is 2.91. The number of thioether (sulfide) groups is 1. The van der Waals surface area contributed by atoms with E-state index in [1.165, 1.54) is 14.0 Å². The van der Waals surface area contributed by atoms with E-state index in [0.717, 1.165) is 5.56 Å². The molecule has 0 aromatic heterocycles. The summed E-state index contributed by atoms with van der Waals surface area (Å²) in [6.45, 7) is 4.96. The lowest BCUT2D eigenvalue weighted by Gasteiger charge is -2.24. The SMILES string of the molecule is COC(=O)CC(SC(C)=O)C(=O)NC(CC(C)C)C(=O)N[C@@H](Cc1ccccc1)C(=O)O. The summed E-state index contributed by atoms with van der Waals surface area (Å²) in [7, 11) is 1.17. The Kier molecular flexibility index (Phi) is 11.5. The minimum Gasteiger partial charge on any atom is -0.480 e. The maximum absolute atomic E-state index is 12.9. The van der Waals surface area contributed by atoms with Crippen molar-refractivity contribution in [2.75, 3.05) is 7.11 Å². The van der Waals surface area contributed by atoms with Crippen molar-refractivity contribution in [2.45, 2.75) is 57.4 Å². The van der Waals surface area contributed by atoms with E-state index in [1.807, 2.05) is 13.8 Å². The highest BCUT2D eigenvalue weighted by atomic mass is 32.2. The second-order valence-electron chi connectivity index (χ2n) is 7.66. The van der Waals surface area contributed by atoms with E-state index in [-0.39, 0.29) is 30.3 Å². The first-order valence-corrected chi connectivity index (χ1v) is 11.0. The van der Waals surface area contributed by atoms with Crippen molar-refractivity contribution in [1.82, 2.24) is 10.6 Å². The maximum Gasteiger partial charge on any atom is 0.326 e. The average Bonchev–Trinajstić information content (AvgIpc) is 2.72. The number of aliphatic carboxylic acids is 1. The number of ether oxygens (including phenoxy) is 1. The summed E-state index contributed by atoms with van der Waals surface area (Å²) in [5.74, 6) is -3.19. The summed E-state index contributed by atoms with van der Waals surface area (Å²) in [5.41, 5.74) is 0.737. The third kappa shape index (κ3) is 9.95. The van der Waals surface area contributed by atoms with Crippen LogP contribution < -0.4 is 10.6 Å². The van der Waals surface area contributed by atoms with Crippen molar-refractivity contribution in [3.63, 3.8) is 0 Å². The van der Waals surface area contributed by atoms with E-state index in [4.69, 9.17) is 0 Å². The normalized spacial score (nSPS) is 13.5. The number of carboxylic acid groups (broad SMARTS) is 1. The lowest BCUT2D eigenvalue weighted by atomic mass is 10.0. The average molecular weight is 467 g/mol. The highest BCUT2D eigenvalue weighted by Crippen LogP contribution is 2.18. The Morgan fingerprint density at radius 3 is 2.09 bits per heavy atom. The number of rotatable bonds is 12. The first-order chi connectivity index (χ1) is 15.0. The third-order valence-electron chi connectivity index (χ3n) is 4.42. The minimum absolute atomic E-state index is 0.00275. The fraction of sp³-hybridized carbons (Fsp3) is 0.500. The van der Waals surface area contributed by atoms with Gasteiger partial charge in [-0.25, -0.2) is 4.79 Å². The van der Waals surface area contributed by atoms with E-state index in [9.17, 15) is 29.1 Å². The molecule has 0 saturated carbocycles. The van der Waals surface area contributed by atoms with Crippen LogP contribution in [0.4, 0.5) is 0 Å². The van der Waals surface area contributed by atoms with Gasteiger partial charge in [-0.1, -0.05) is 55.9 Å². The van der Waals surface area contributed by atoms with Crippen LogP contribution in [-0.2, 0) is 35.1 Å². The Morgan fingerprint density at radius 1 is 1.00 bits per heavy atom. The summed E-state index contributed by atoms with van der Waals surface area (Å²) in [5, 5.41) is 13.2. The van der Waals surface area contributed by atoms with E-state index in [0.29, 0.717) is 11.8 Å². The van der Waals surface area contributed by atoms with Gasteiger partial charge < -0.3 is 20.5 Å². The van der Waals surface area contributed by atoms with Gasteiger partial charge in [-0.2, -0.15) is 0 Å². The molecular weight excluding hydrogens is 436 g/mol. The molecule has 0 aliphatic carbocycles. The first kappa shape index (κ1) is 27.2. The molecule has 32 heavy (non-hydrogen) atoms. The molecule has 3 atom stereocenters. The van der Waals surface area contributed by atoms with Gasteiger partial charge in [-0.3, -0.25) is 19.2 Å². The molecule has 1 rings (SSSR count). The molecule has 10 heteroatoms. The van der Waals surface area contributed by atoms with Gasteiger partial charge in [0.2, 0.25) is 11.8 Å². The summed E-state index contributed by atoms with van der Waals surface area (Å²) >= 11 is 0.667. The van der Waals surface area contributed by atoms with Crippen LogP contribution >= 0.6 is 11.8 Å². The number of hydrogen-bond acceptors (Lipinski definition) is 7. The van der Waals surface area contributed by atoms with Crippen LogP contribution in [0.25, 0.3) is 0 Å². The van der Waals surface area contributed by atoms with E-state index in [2.05, 4.69) is 15.4 Å². The molecule has 176 valence electrons. The smallest absolute Gasteiger partial charge is 0.326 e. The third-order valence-corrected chi connectivity index (χ3v) is 5.41. The zero-order valence-corrected chi connectivity index (χ0v) is 19.4. The van der Waals surface area contributed by atoms with Crippen molar-refractivity contribution in [2.24, 2.45) is 5.92 Å². The predicted octanol–water partition coefficient (Wildman–Crippen LogP) is 1.54. The molecular formula is C22H30N2O7S. The van der Waals surface area contributed by atoms with Gasteiger partial charge in [-0.05, 0) is 17.9 Å². The van der Waals surface area contributed by atoms with Gasteiger partial charge in [0.1, 0.15) is 17.3 Å². The van der Waals surface area contributed by atoms with Crippen LogP contribution in [0, 0.1) is 5.92 Å². The molecule has 0 heterocycles. The summed E-state index contributed by atoms with van der Waals surface area (Å²) in [4.78, 5) is 60.5. The Balaban J connectivity index is 2.97. The summed E-state index contributed by atoms with van der Waals surface area (Å²) < 4.78 is 4.58. The Labute approximate surface area is 191 Å². The van der Waals surface area contributed by atoms with Gasteiger partial charge in [0, 0.05) is 13.3 Å². The number of esters is 1. The number of amides is 2. The molecule has 0 bridgehead atoms. The van der Waals surface area contributed by atoms with Crippen LogP contribution in [0.5, 0.6) is 0 Å². The second-order valence-corrected chi connectivity index (χ2v) is 9.04. The Bertz CT molecular complexity index is 814. The molecule has 0 aliphatic rings. The molecule has 9 nitrogen and oxygen atoms in total. The number of carboxylic acids is 1. The standard InChI is InChI=1S/C22H30N2O7S/c1-13(2)10-16(23-21(28)18(32-14(3)25)12-19(26)31-4)20(27)24-17(22(29)30)11-15-8-6-5-7-9-15/h5-9,13,16-18H,10-12H2,1-4H3,(H,23,28)(H,24,27)(H,29,30)/t16?,17-,18?/m0/s1. The summed E-state index contributed by atoms with van der Waals surface area (Å²) in [6, 6.07) is 6.63. The number of hydrogen-bond donors (Lipinski definition) is 3. The van der Waals surface area contributed by atoms with Crippen molar-refractivity contribution < 1.29 is 33.8 Å². The van der Waals surface area contributed by atoms with Crippen molar-refractivity contribution in [3.8, 4) is 0 Å². The first-order valence-electron chi connectivity index (χ1n) is 10.1. The number of nitrogens with one attached hydrogen (secondary N) is 2. The van der Waals surface area contributed by atoms with Crippen LogP contribution in [0.2, 0.25) is 0 Å². The molecule has 2 amide bonds. The predicted molar refractivity (Wildman–Crippen MR) is 120 cm³/mol. The molecule has 1 aromatic rings. The molecule has 3 N–H and O–H groups in total. The number of benzene rings is 1. The van der Waals surface area contributed by atoms with E-state index in [1.54, 1.807) is 30.3 Å². The van der Waals surface area contributed by atoms with Gasteiger partial charge in [0.25, 0.3) is 0 Å². The topological polar surface area (TPSA) is 139 Å². The molecule has 2 unspecified atom stereocenters. The Morgan fingerprint density at radius 2 is 1.59 bits per heavy atom. The highest BCUT2D eigenvalue weighted by molar-refractivity contribution is 8.14. The van der Waals surface area contributed by atoms with Crippen LogP contribution in [-0.4, -0.2) is 58.4 Å². The second kappa shape index (κ2) is 13.5. The van der Waals surface area contributed by atoms with E-state index < -0.39 is 41.1 Å². The van der Waals surface area contributed by atoms with Gasteiger partial charge in [-0.15, -0.1) is 0 Å². The Hall–Kier alpha value is -2.88. The highest BCUT2D eigenvalue weighted by Gasteiger charge is 2.31. The molecule has 0 spiro atoms. The van der Waals surface area contributed by atoms with Crippen molar-refractivity contribution in [1.29, 1.82) is 0 Å². The van der Waals surface area contributed by atoms with Crippen LogP contribution in [0.15, 0.2) is 30.3 Å². The minimum atomic E-state index is -1.20. The lowest BCUT2D eigenvalue weighted by Crippen LogP contribution is -2.54. The summed E-state index contributed by atoms with van der Waals surface area (Å²) in [6.07, 6.45) is -0.0191. The quantitative estimate of drug-likeness (QED) is 0.394. The largest absolute Gasteiger partial charge is 0.480 e. The lowest BCUT2D eigenvalue weighted by molar-refractivity contribution is -0.143. The molecule has 1 aromatic carbocycles. The van der Waals surface area contributed by atoms with E-state index >= 15 is 0 Å². The number of methoxy groups -OCH3 is 1. The number of carbonyl (C=O) groups is 5. The zero-order chi connectivity index (χ0) is 24.3. The fourth-order valence-corrected chi connectivity index (χ4v) is 3.71. The van der Waals surface area contributed by atoms with Crippen molar-refractivity contribution in [3.05, 3.63) is 35.9 Å². The molecule has 0 aliphatic heterocycles. The van der Waals surface area contributed by atoms with Crippen LogP contribution in [0.3, 0.4) is 0 Å². The molecule has 0 saturated heterocycles. The van der Waals surface area contributed by atoms with Gasteiger partial charge >= 0.3 is 11.9 Å². The van der Waals surface area contributed by atoms with Crippen molar-refractivity contribution >= 4 is 40.6 Å². The van der Waals surface area contributed by atoms with Crippen LogP contribution in [0.1, 0.15) is 39.2 Å². The van der Waals surface area contributed by atoms with Gasteiger partial charge in [0.05, 0.1) is 13.5 Å². The number of carbonyl (C=O) groups excluding carboxylic acids is 4. The van der Waals surface area contributed by atoms with Gasteiger partial charge in [0.15, 0.2) is 5.12 Å². The molecule has 0 fully saturated rings. The molecule has 0 radical (unpaired) electrons. The monoisotopic (exact) mass is 466 g/mol.